The van der Waals surface area contributed by atoms with Gasteiger partial charge in [0.05, 0.1) is 6.61 Å². The topological polar surface area (TPSA) is 55.4 Å². The molecule has 0 unspecified atom stereocenters. The van der Waals surface area contributed by atoms with Crippen LogP contribution in [0.2, 0.25) is 5.02 Å². The highest BCUT2D eigenvalue weighted by atomic mass is 35.5. The van der Waals surface area contributed by atoms with Crippen molar-refractivity contribution < 1.29 is 14.3 Å². The Morgan fingerprint density at radius 2 is 1.85 bits per heavy atom. The van der Waals surface area contributed by atoms with E-state index in [2.05, 4.69) is 5.32 Å². The van der Waals surface area contributed by atoms with Crippen LogP contribution in [0.15, 0.2) is 24.3 Å². The monoisotopic (exact) mass is 405 g/mol. The Morgan fingerprint density at radius 3 is 2.48 bits per heavy atom. The minimum Gasteiger partial charge on any atom is -0.462 e. The number of hydrogen-bond acceptors (Lipinski definition) is 4. The van der Waals surface area contributed by atoms with Crippen LogP contribution < -0.4 is 5.32 Å². The van der Waals surface area contributed by atoms with Crippen LogP contribution >= 0.6 is 22.9 Å². The highest BCUT2D eigenvalue weighted by Crippen LogP contribution is 2.41. The Balaban J connectivity index is 1.97. The molecule has 144 valence electrons. The number of nitrogens with one attached hydrogen (secondary N) is 1. The van der Waals surface area contributed by atoms with E-state index in [-0.39, 0.29) is 18.4 Å². The molecular weight excluding hydrogens is 382 g/mol. The molecule has 1 aromatic heterocycles. The van der Waals surface area contributed by atoms with E-state index in [4.69, 9.17) is 16.3 Å². The summed E-state index contributed by atoms with van der Waals surface area (Å²) in [7, 11) is 0. The molecule has 0 spiro atoms. The fourth-order valence-corrected chi connectivity index (χ4v) is 4.77. The highest BCUT2D eigenvalue weighted by Gasteiger charge is 2.28. The Hall–Kier alpha value is -1.85. The summed E-state index contributed by atoms with van der Waals surface area (Å²) in [5.41, 5.74) is 2.12. The maximum absolute atomic E-state index is 12.7. The molecular formula is C21H24ClNO3S. The third-order valence-corrected chi connectivity index (χ3v) is 6.18. The molecule has 3 rings (SSSR count). The number of carbonyl (C=O) groups excluding carboxylic acids is 2. The fourth-order valence-electron chi connectivity index (χ4n) is 3.57. The summed E-state index contributed by atoms with van der Waals surface area (Å²) in [6, 6.07) is 7.35. The zero-order chi connectivity index (χ0) is 19.4. The second-order valence-corrected chi connectivity index (χ2v) is 8.45. The molecule has 1 heterocycles. The quantitative estimate of drug-likeness (QED) is 0.614. The van der Waals surface area contributed by atoms with E-state index in [1.54, 1.807) is 19.1 Å². The van der Waals surface area contributed by atoms with E-state index in [1.165, 1.54) is 17.8 Å². The second kappa shape index (κ2) is 8.89. The summed E-state index contributed by atoms with van der Waals surface area (Å²) in [5, 5.41) is 4.22. The molecule has 1 aliphatic carbocycles. The van der Waals surface area contributed by atoms with Crippen LogP contribution in [0.5, 0.6) is 0 Å². The molecule has 1 amide bonds. The molecule has 0 atom stereocenters. The summed E-state index contributed by atoms with van der Waals surface area (Å²) < 4.78 is 5.29. The van der Waals surface area contributed by atoms with Gasteiger partial charge in [0, 0.05) is 21.4 Å². The van der Waals surface area contributed by atoms with Crippen LogP contribution in [0.1, 0.15) is 54.3 Å². The number of ether oxygens (including phenoxy) is 1. The van der Waals surface area contributed by atoms with Gasteiger partial charge in [-0.05, 0) is 44.4 Å². The normalized spacial score (nSPS) is 14.8. The number of carbonyl (C=O) groups is 2. The van der Waals surface area contributed by atoms with Crippen molar-refractivity contribution in [3.05, 3.63) is 39.7 Å². The summed E-state index contributed by atoms with van der Waals surface area (Å²) in [5.74, 6) is -0.384. The van der Waals surface area contributed by atoms with E-state index in [9.17, 15) is 9.59 Å². The van der Waals surface area contributed by atoms with Crippen molar-refractivity contribution in [3.8, 4) is 11.1 Å². The predicted molar refractivity (Wildman–Crippen MR) is 111 cm³/mol. The number of amides is 1. The van der Waals surface area contributed by atoms with E-state index < -0.39 is 5.97 Å². The van der Waals surface area contributed by atoms with Crippen LogP contribution in [0.3, 0.4) is 0 Å². The summed E-state index contributed by atoms with van der Waals surface area (Å²) in [6.45, 7) is 4.01. The number of rotatable bonds is 5. The second-order valence-electron chi connectivity index (χ2n) is 6.79. The van der Waals surface area contributed by atoms with Gasteiger partial charge in [0.2, 0.25) is 5.91 Å². The predicted octanol–water partition coefficient (Wildman–Crippen LogP) is 6.07. The van der Waals surface area contributed by atoms with Crippen LogP contribution in [0.4, 0.5) is 5.00 Å². The maximum atomic E-state index is 12.7. The standard InChI is InChI=1S/C21H24ClNO3S/c1-3-26-21(25)18-17(14-9-11-16(22)12-10-14)13(2)27-20(18)23-19(24)15-7-5-4-6-8-15/h9-12,15H,3-8H2,1-2H3,(H,23,24). The van der Waals surface area contributed by atoms with Crippen molar-refractivity contribution in [2.24, 2.45) is 5.92 Å². The number of thiophene rings is 1. The van der Waals surface area contributed by atoms with Crippen LogP contribution in [0.25, 0.3) is 11.1 Å². The van der Waals surface area contributed by atoms with Gasteiger partial charge in [-0.3, -0.25) is 4.79 Å². The van der Waals surface area contributed by atoms with Gasteiger partial charge < -0.3 is 10.1 Å². The van der Waals surface area contributed by atoms with Crippen molar-refractivity contribution in [3.63, 3.8) is 0 Å². The van der Waals surface area contributed by atoms with Gasteiger partial charge in [0.15, 0.2) is 0 Å². The van der Waals surface area contributed by atoms with Crippen molar-refractivity contribution in [1.29, 1.82) is 0 Å². The molecule has 27 heavy (non-hydrogen) atoms. The molecule has 1 fully saturated rings. The fraction of sp³-hybridized carbons (Fsp3) is 0.429. The zero-order valence-corrected chi connectivity index (χ0v) is 17.2. The Kier molecular flexibility index (Phi) is 6.55. The molecule has 1 aliphatic rings. The molecule has 0 bridgehead atoms. The molecule has 0 aliphatic heterocycles. The van der Waals surface area contributed by atoms with Crippen molar-refractivity contribution in [2.75, 3.05) is 11.9 Å². The first-order valence-corrected chi connectivity index (χ1v) is 10.6. The first kappa shape index (κ1) is 19.9. The van der Waals surface area contributed by atoms with Gasteiger partial charge in [0.1, 0.15) is 10.6 Å². The summed E-state index contributed by atoms with van der Waals surface area (Å²) in [4.78, 5) is 26.4. The van der Waals surface area contributed by atoms with Crippen LogP contribution in [-0.4, -0.2) is 18.5 Å². The van der Waals surface area contributed by atoms with Crippen LogP contribution in [-0.2, 0) is 9.53 Å². The zero-order valence-electron chi connectivity index (χ0n) is 15.6. The molecule has 1 saturated carbocycles. The average Bonchev–Trinajstić information content (AvgIpc) is 2.99. The molecule has 1 N–H and O–H groups in total. The van der Waals surface area contributed by atoms with E-state index in [1.807, 2.05) is 19.1 Å². The molecule has 0 saturated heterocycles. The third-order valence-electron chi connectivity index (χ3n) is 4.91. The van der Waals surface area contributed by atoms with Gasteiger partial charge >= 0.3 is 5.97 Å². The highest BCUT2D eigenvalue weighted by molar-refractivity contribution is 7.17. The van der Waals surface area contributed by atoms with E-state index in [0.717, 1.165) is 41.7 Å². The van der Waals surface area contributed by atoms with Gasteiger partial charge in [-0.2, -0.15) is 0 Å². The van der Waals surface area contributed by atoms with Crippen molar-refractivity contribution in [1.82, 2.24) is 0 Å². The van der Waals surface area contributed by atoms with Gasteiger partial charge in [0.25, 0.3) is 0 Å². The lowest BCUT2D eigenvalue weighted by molar-refractivity contribution is -0.120. The van der Waals surface area contributed by atoms with Gasteiger partial charge in [-0.1, -0.05) is 43.0 Å². The molecule has 2 aromatic rings. The number of anilines is 1. The van der Waals surface area contributed by atoms with Crippen molar-refractivity contribution in [2.45, 2.75) is 46.0 Å². The molecule has 0 radical (unpaired) electrons. The lowest BCUT2D eigenvalue weighted by Gasteiger charge is -2.20. The first-order valence-electron chi connectivity index (χ1n) is 9.38. The lowest BCUT2D eigenvalue weighted by atomic mass is 9.88. The van der Waals surface area contributed by atoms with Gasteiger partial charge in [-0.15, -0.1) is 11.3 Å². The molecule has 6 heteroatoms. The van der Waals surface area contributed by atoms with Gasteiger partial charge in [-0.25, -0.2) is 4.79 Å². The first-order chi connectivity index (χ1) is 13.0. The third kappa shape index (κ3) is 4.53. The number of halogens is 1. The average molecular weight is 406 g/mol. The number of aryl methyl sites for hydroxylation is 1. The smallest absolute Gasteiger partial charge is 0.341 e. The maximum Gasteiger partial charge on any atom is 0.341 e. The number of benzene rings is 1. The minimum atomic E-state index is -0.411. The summed E-state index contributed by atoms with van der Waals surface area (Å²) in [6.07, 6.45) is 5.19. The minimum absolute atomic E-state index is 0.00385. The number of esters is 1. The Bertz CT molecular complexity index is 823. The van der Waals surface area contributed by atoms with Crippen LogP contribution in [0, 0.1) is 12.8 Å². The summed E-state index contributed by atoms with van der Waals surface area (Å²) >= 11 is 7.43. The SMILES string of the molecule is CCOC(=O)c1c(NC(=O)C2CCCCC2)sc(C)c1-c1ccc(Cl)cc1. The van der Waals surface area contributed by atoms with E-state index >= 15 is 0 Å². The Morgan fingerprint density at radius 1 is 1.19 bits per heavy atom. The lowest BCUT2D eigenvalue weighted by Crippen LogP contribution is -2.25. The number of hydrogen-bond donors (Lipinski definition) is 1. The van der Waals surface area contributed by atoms with E-state index in [0.29, 0.717) is 15.6 Å². The molecule has 1 aromatic carbocycles. The Labute approximate surface area is 168 Å². The molecule has 4 nitrogen and oxygen atoms in total. The van der Waals surface area contributed by atoms with Crippen molar-refractivity contribution >= 4 is 39.8 Å². The largest absolute Gasteiger partial charge is 0.462 e.